The second-order valence-corrected chi connectivity index (χ2v) is 8.60. The lowest BCUT2D eigenvalue weighted by molar-refractivity contribution is -0.118. The molecule has 2 aromatic carbocycles. The maximum atomic E-state index is 13.2. The lowest BCUT2D eigenvalue weighted by atomic mass is 9.99. The summed E-state index contributed by atoms with van der Waals surface area (Å²) in [5.41, 5.74) is 5.10. The van der Waals surface area contributed by atoms with E-state index in [-0.39, 0.29) is 23.6 Å². The molecule has 0 fully saturated rings. The van der Waals surface area contributed by atoms with Crippen LogP contribution < -0.4 is 10.6 Å². The van der Waals surface area contributed by atoms with E-state index < -0.39 is 0 Å². The Kier molecular flexibility index (Phi) is 7.42. The summed E-state index contributed by atoms with van der Waals surface area (Å²) in [5.74, 6) is -0.601. The first-order valence-corrected chi connectivity index (χ1v) is 11.3. The van der Waals surface area contributed by atoms with Crippen molar-refractivity contribution in [3.63, 3.8) is 0 Å². The van der Waals surface area contributed by atoms with Crippen LogP contribution >= 0.6 is 11.3 Å². The number of nitrogens with one attached hydrogen (secondary N) is 2. The molecule has 160 valence electrons. The van der Waals surface area contributed by atoms with E-state index in [4.69, 9.17) is 0 Å². The Morgan fingerprint density at radius 2 is 1.74 bits per heavy atom. The summed E-state index contributed by atoms with van der Waals surface area (Å²) < 4.78 is 0. The number of carbonyl (C=O) groups is 2. The molecule has 0 aliphatic heterocycles. The Balaban J connectivity index is 1.86. The van der Waals surface area contributed by atoms with Gasteiger partial charge in [-0.3, -0.25) is 9.59 Å². The molecule has 0 aliphatic carbocycles. The van der Waals surface area contributed by atoms with Gasteiger partial charge in [0, 0.05) is 10.4 Å². The summed E-state index contributed by atoms with van der Waals surface area (Å²) in [6.45, 7) is 8.05. The molecule has 2 amide bonds. The van der Waals surface area contributed by atoms with E-state index in [2.05, 4.69) is 36.6 Å². The van der Waals surface area contributed by atoms with Gasteiger partial charge in [0.1, 0.15) is 5.70 Å². The van der Waals surface area contributed by atoms with Gasteiger partial charge in [0.05, 0.1) is 6.04 Å². The van der Waals surface area contributed by atoms with Crippen LogP contribution in [0.1, 0.15) is 56.9 Å². The molecule has 0 bridgehead atoms. The highest BCUT2D eigenvalue weighted by Crippen LogP contribution is 2.21. The minimum Gasteiger partial charge on any atom is -0.344 e. The first-order chi connectivity index (χ1) is 14.9. The molecule has 0 aliphatic rings. The predicted octanol–water partition coefficient (Wildman–Crippen LogP) is 5.71. The van der Waals surface area contributed by atoms with E-state index in [1.54, 1.807) is 12.1 Å². The van der Waals surface area contributed by atoms with Crippen molar-refractivity contribution in [1.29, 1.82) is 0 Å². The molecule has 0 spiro atoms. The Morgan fingerprint density at radius 1 is 0.968 bits per heavy atom. The van der Waals surface area contributed by atoms with E-state index >= 15 is 0 Å². The maximum Gasteiger partial charge on any atom is 0.268 e. The van der Waals surface area contributed by atoms with E-state index in [9.17, 15) is 9.59 Å². The second-order valence-electron chi connectivity index (χ2n) is 7.62. The van der Waals surface area contributed by atoms with Gasteiger partial charge in [-0.1, -0.05) is 49.4 Å². The first-order valence-electron chi connectivity index (χ1n) is 10.4. The second kappa shape index (κ2) is 10.2. The molecule has 0 saturated carbocycles. The van der Waals surface area contributed by atoms with E-state index in [0.29, 0.717) is 5.56 Å². The van der Waals surface area contributed by atoms with Crippen LogP contribution in [0.15, 0.2) is 65.7 Å². The number of thiophene rings is 1. The van der Waals surface area contributed by atoms with Crippen LogP contribution in [0.5, 0.6) is 0 Å². The van der Waals surface area contributed by atoms with Crippen LogP contribution in [0.3, 0.4) is 0 Å². The number of hydrogen-bond donors (Lipinski definition) is 2. The van der Waals surface area contributed by atoms with Crippen LogP contribution in [-0.4, -0.2) is 11.8 Å². The highest BCUT2D eigenvalue weighted by atomic mass is 32.1. The van der Waals surface area contributed by atoms with Crippen molar-refractivity contribution in [3.05, 3.63) is 98.4 Å². The smallest absolute Gasteiger partial charge is 0.268 e. The third kappa shape index (κ3) is 5.70. The molecule has 0 radical (unpaired) electrons. The average molecular weight is 433 g/mol. The zero-order valence-corrected chi connectivity index (χ0v) is 19.2. The third-order valence-corrected chi connectivity index (χ3v) is 6.18. The largest absolute Gasteiger partial charge is 0.344 e. The van der Waals surface area contributed by atoms with Gasteiger partial charge in [0.15, 0.2) is 0 Å². The normalized spacial score (nSPS) is 12.3. The highest BCUT2D eigenvalue weighted by molar-refractivity contribution is 7.10. The van der Waals surface area contributed by atoms with Gasteiger partial charge in [-0.15, -0.1) is 11.3 Å². The van der Waals surface area contributed by atoms with E-state index in [1.807, 2.05) is 55.6 Å². The summed E-state index contributed by atoms with van der Waals surface area (Å²) in [5, 5.41) is 7.87. The van der Waals surface area contributed by atoms with Gasteiger partial charge in [-0.05, 0) is 73.0 Å². The van der Waals surface area contributed by atoms with Crippen molar-refractivity contribution >= 4 is 29.2 Å². The standard InChI is InChI=1S/C26H28N2O2S/c1-5-23(20-13-12-17(2)19(4)15-20)27-26(30)24(16-21-10-8-14-31-21)28-25(29)22-11-7-6-9-18(22)3/h6-16,23H,5H2,1-4H3,(H,27,30)(H,28,29)/b24-16-. The molecule has 1 aromatic heterocycles. The van der Waals surface area contributed by atoms with Gasteiger partial charge >= 0.3 is 0 Å². The average Bonchev–Trinajstić information content (AvgIpc) is 3.27. The predicted molar refractivity (Wildman–Crippen MR) is 128 cm³/mol. The molecular formula is C26H28N2O2S. The summed E-state index contributed by atoms with van der Waals surface area (Å²) in [6, 6.07) is 17.3. The van der Waals surface area contributed by atoms with Crippen molar-refractivity contribution in [2.45, 2.75) is 40.2 Å². The van der Waals surface area contributed by atoms with Gasteiger partial charge in [0.25, 0.3) is 11.8 Å². The summed E-state index contributed by atoms with van der Waals surface area (Å²) in [6.07, 6.45) is 2.47. The number of amides is 2. The number of carbonyl (C=O) groups excluding carboxylic acids is 2. The summed E-state index contributed by atoms with van der Waals surface area (Å²) in [4.78, 5) is 27.0. The Labute approximate surface area is 188 Å². The van der Waals surface area contributed by atoms with Crippen LogP contribution in [0.2, 0.25) is 0 Å². The third-order valence-electron chi connectivity index (χ3n) is 5.36. The molecule has 3 aromatic rings. The zero-order valence-electron chi connectivity index (χ0n) is 18.4. The molecule has 5 heteroatoms. The minimum atomic E-state index is -0.305. The van der Waals surface area contributed by atoms with E-state index in [0.717, 1.165) is 22.4 Å². The van der Waals surface area contributed by atoms with Crippen LogP contribution in [0, 0.1) is 20.8 Å². The Bertz CT molecular complexity index is 1100. The molecule has 4 nitrogen and oxygen atoms in total. The number of aryl methyl sites for hydroxylation is 3. The SMILES string of the molecule is CCC(NC(=O)/C(=C/c1cccs1)NC(=O)c1ccccc1C)c1ccc(C)c(C)c1. The lowest BCUT2D eigenvalue weighted by Gasteiger charge is -2.20. The van der Waals surface area contributed by atoms with E-state index in [1.165, 1.54) is 22.5 Å². The van der Waals surface area contributed by atoms with Crippen molar-refractivity contribution in [2.75, 3.05) is 0 Å². The van der Waals surface area contributed by atoms with Crippen molar-refractivity contribution < 1.29 is 9.59 Å². The van der Waals surface area contributed by atoms with Crippen molar-refractivity contribution in [2.24, 2.45) is 0 Å². The van der Waals surface area contributed by atoms with Gasteiger partial charge in [0.2, 0.25) is 0 Å². The summed E-state index contributed by atoms with van der Waals surface area (Å²) >= 11 is 1.51. The van der Waals surface area contributed by atoms with Crippen LogP contribution in [-0.2, 0) is 4.79 Å². The Hall–Kier alpha value is -3.18. The molecule has 31 heavy (non-hydrogen) atoms. The topological polar surface area (TPSA) is 58.2 Å². The lowest BCUT2D eigenvalue weighted by Crippen LogP contribution is -2.37. The molecule has 2 N–H and O–H groups in total. The molecule has 1 unspecified atom stereocenters. The van der Waals surface area contributed by atoms with Gasteiger partial charge in [-0.25, -0.2) is 0 Å². The fraction of sp³-hybridized carbons (Fsp3) is 0.231. The zero-order chi connectivity index (χ0) is 22.4. The number of hydrogen-bond acceptors (Lipinski definition) is 3. The fourth-order valence-electron chi connectivity index (χ4n) is 3.33. The number of benzene rings is 2. The van der Waals surface area contributed by atoms with Gasteiger partial charge < -0.3 is 10.6 Å². The summed E-state index contributed by atoms with van der Waals surface area (Å²) in [7, 11) is 0. The fourth-order valence-corrected chi connectivity index (χ4v) is 3.99. The Morgan fingerprint density at radius 3 is 2.39 bits per heavy atom. The molecule has 0 saturated heterocycles. The molecule has 3 rings (SSSR count). The maximum absolute atomic E-state index is 13.2. The molecule has 1 atom stereocenters. The molecular weight excluding hydrogens is 404 g/mol. The van der Waals surface area contributed by atoms with Crippen molar-refractivity contribution in [1.82, 2.24) is 10.6 Å². The minimum absolute atomic E-state index is 0.145. The number of rotatable bonds is 7. The highest BCUT2D eigenvalue weighted by Gasteiger charge is 2.20. The monoisotopic (exact) mass is 432 g/mol. The quantitative estimate of drug-likeness (QED) is 0.470. The van der Waals surface area contributed by atoms with Crippen LogP contribution in [0.4, 0.5) is 0 Å². The first kappa shape index (κ1) is 22.5. The van der Waals surface area contributed by atoms with Crippen LogP contribution in [0.25, 0.3) is 6.08 Å². The van der Waals surface area contributed by atoms with Crippen molar-refractivity contribution in [3.8, 4) is 0 Å². The molecule has 1 heterocycles. The van der Waals surface area contributed by atoms with Gasteiger partial charge in [-0.2, -0.15) is 0 Å².